The molecule has 6 nitrogen and oxygen atoms in total. The van der Waals surface area contributed by atoms with Crippen LogP contribution in [0, 0.1) is 0 Å². The minimum Gasteiger partial charge on any atom is -0.353 e. The van der Waals surface area contributed by atoms with E-state index in [1.807, 2.05) is 12.1 Å². The van der Waals surface area contributed by atoms with Gasteiger partial charge in [-0.05, 0) is 59.9 Å². The van der Waals surface area contributed by atoms with Crippen molar-refractivity contribution < 1.29 is 4.79 Å². The van der Waals surface area contributed by atoms with Crippen molar-refractivity contribution in [1.29, 1.82) is 0 Å². The van der Waals surface area contributed by atoms with Gasteiger partial charge >= 0.3 is 0 Å². The van der Waals surface area contributed by atoms with E-state index < -0.39 is 0 Å². The van der Waals surface area contributed by atoms with Crippen LogP contribution in [0.5, 0.6) is 0 Å². The maximum Gasteiger partial charge on any atom is 0.257 e. The molecular weight excluding hydrogens is 454 g/mol. The Labute approximate surface area is 202 Å². The molecule has 0 bridgehead atoms. The molecule has 1 aliphatic heterocycles. The Morgan fingerprint density at radius 1 is 1.00 bits per heavy atom. The Bertz CT molecular complexity index is 1230. The van der Waals surface area contributed by atoms with Crippen LogP contribution in [-0.2, 0) is 6.42 Å². The van der Waals surface area contributed by atoms with Gasteiger partial charge in [-0.1, -0.05) is 35.9 Å². The van der Waals surface area contributed by atoms with Gasteiger partial charge in [0.05, 0.1) is 10.3 Å². The number of carbonyl (C=O) groups is 1. The van der Waals surface area contributed by atoms with Crippen LogP contribution < -0.4 is 10.2 Å². The molecule has 0 saturated carbocycles. The van der Waals surface area contributed by atoms with Gasteiger partial charge in [0.1, 0.15) is 11.0 Å². The second-order valence-corrected chi connectivity index (χ2v) is 9.29. The third-order valence-corrected chi connectivity index (χ3v) is 6.99. The quantitative estimate of drug-likeness (QED) is 0.397. The number of piperazine rings is 1. The van der Waals surface area contributed by atoms with Crippen LogP contribution in [0.3, 0.4) is 0 Å². The SMILES string of the molecule is O=C(Nc1ccc(CCN2CCN(c3nsc4ccccc34)CC2)cc1)c1ccc(Cl)nc1. The molecule has 8 heteroatoms. The van der Waals surface area contributed by atoms with Crippen molar-refractivity contribution in [2.45, 2.75) is 6.42 Å². The lowest BCUT2D eigenvalue weighted by Crippen LogP contribution is -2.47. The third-order valence-electron chi connectivity index (χ3n) is 5.95. The highest BCUT2D eigenvalue weighted by Crippen LogP contribution is 2.29. The van der Waals surface area contributed by atoms with Crippen LogP contribution in [-0.4, -0.2) is 52.9 Å². The molecule has 0 spiro atoms. The Kier molecular flexibility index (Phi) is 6.53. The van der Waals surface area contributed by atoms with Gasteiger partial charge in [0, 0.05) is 50.0 Å². The summed E-state index contributed by atoms with van der Waals surface area (Å²) in [5.74, 6) is 0.931. The zero-order valence-corrected chi connectivity index (χ0v) is 19.6. The number of amides is 1. The van der Waals surface area contributed by atoms with E-state index in [2.05, 4.69) is 56.5 Å². The highest BCUT2D eigenvalue weighted by molar-refractivity contribution is 7.13. The summed E-state index contributed by atoms with van der Waals surface area (Å²) in [7, 11) is 0. The summed E-state index contributed by atoms with van der Waals surface area (Å²) in [5.41, 5.74) is 2.50. The lowest BCUT2D eigenvalue weighted by atomic mass is 10.1. The lowest BCUT2D eigenvalue weighted by Gasteiger charge is -2.35. The number of rotatable bonds is 6. The number of anilines is 2. The fourth-order valence-electron chi connectivity index (χ4n) is 4.04. The van der Waals surface area contributed by atoms with Gasteiger partial charge in [-0.25, -0.2) is 4.98 Å². The number of hydrogen-bond donors (Lipinski definition) is 1. The molecule has 1 N–H and O–H groups in total. The van der Waals surface area contributed by atoms with Crippen molar-refractivity contribution in [3.63, 3.8) is 0 Å². The van der Waals surface area contributed by atoms with Crippen LogP contribution in [0.15, 0.2) is 66.9 Å². The largest absolute Gasteiger partial charge is 0.353 e. The van der Waals surface area contributed by atoms with Crippen molar-refractivity contribution in [2.75, 3.05) is 42.9 Å². The topological polar surface area (TPSA) is 61.4 Å². The molecule has 3 heterocycles. The van der Waals surface area contributed by atoms with Crippen molar-refractivity contribution in [2.24, 2.45) is 0 Å². The van der Waals surface area contributed by atoms with E-state index >= 15 is 0 Å². The Balaban J connectivity index is 1.10. The van der Waals surface area contributed by atoms with E-state index in [4.69, 9.17) is 16.0 Å². The van der Waals surface area contributed by atoms with E-state index in [0.29, 0.717) is 10.7 Å². The first-order valence-corrected chi connectivity index (χ1v) is 12.1. The van der Waals surface area contributed by atoms with E-state index in [9.17, 15) is 4.79 Å². The summed E-state index contributed by atoms with van der Waals surface area (Å²) in [5, 5.41) is 4.53. The number of benzene rings is 2. The number of nitrogens with one attached hydrogen (secondary N) is 1. The molecule has 0 atom stereocenters. The van der Waals surface area contributed by atoms with E-state index in [0.717, 1.165) is 50.6 Å². The first kappa shape index (κ1) is 21.8. The molecule has 1 fully saturated rings. The minimum atomic E-state index is -0.197. The Hall–Kier alpha value is -3.00. The van der Waals surface area contributed by atoms with Crippen LogP contribution >= 0.6 is 23.1 Å². The Morgan fingerprint density at radius 3 is 2.55 bits per heavy atom. The normalized spacial score (nSPS) is 14.5. The second-order valence-electron chi connectivity index (χ2n) is 8.10. The molecule has 4 aromatic rings. The number of aromatic nitrogens is 2. The molecule has 1 amide bonds. The summed E-state index contributed by atoms with van der Waals surface area (Å²) < 4.78 is 5.95. The summed E-state index contributed by atoms with van der Waals surface area (Å²) in [6.45, 7) is 5.09. The summed E-state index contributed by atoms with van der Waals surface area (Å²) >= 11 is 7.36. The predicted molar refractivity (Wildman–Crippen MR) is 136 cm³/mol. The Morgan fingerprint density at radius 2 is 1.79 bits per heavy atom. The molecule has 33 heavy (non-hydrogen) atoms. The van der Waals surface area contributed by atoms with Crippen molar-refractivity contribution in [3.05, 3.63) is 83.1 Å². The highest BCUT2D eigenvalue weighted by atomic mass is 35.5. The van der Waals surface area contributed by atoms with Crippen molar-refractivity contribution in [3.8, 4) is 0 Å². The maximum absolute atomic E-state index is 12.3. The van der Waals surface area contributed by atoms with Crippen molar-refractivity contribution in [1.82, 2.24) is 14.3 Å². The summed E-state index contributed by atoms with van der Waals surface area (Å²) in [6, 6.07) is 19.8. The second kappa shape index (κ2) is 9.87. The van der Waals surface area contributed by atoms with Gasteiger partial charge in [0.2, 0.25) is 0 Å². The first-order chi connectivity index (χ1) is 16.2. The fraction of sp³-hybridized carbons (Fsp3) is 0.240. The van der Waals surface area contributed by atoms with Crippen LogP contribution in [0.2, 0.25) is 5.15 Å². The van der Waals surface area contributed by atoms with Gasteiger partial charge in [0.15, 0.2) is 0 Å². The number of fused-ring (bicyclic) bond motifs is 1. The molecular formula is C25H24ClN5OS. The zero-order valence-electron chi connectivity index (χ0n) is 18.1. The van der Waals surface area contributed by atoms with Gasteiger partial charge in [-0.2, -0.15) is 4.37 Å². The third kappa shape index (κ3) is 5.16. The number of halogens is 1. The molecule has 0 unspecified atom stereocenters. The van der Waals surface area contributed by atoms with Crippen LogP contribution in [0.1, 0.15) is 15.9 Å². The van der Waals surface area contributed by atoms with Gasteiger partial charge in [-0.3, -0.25) is 9.69 Å². The lowest BCUT2D eigenvalue weighted by molar-refractivity contribution is 0.102. The molecule has 1 aliphatic rings. The van der Waals surface area contributed by atoms with E-state index in [-0.39, 0.29) is 5.91 Å². The molecule has 5 rings (SSSR count). The van der Waals surface area contributed by atoms with E-state index in [1.165, 1.54) is 21.8 Å². The fourth-order valence-corrected chi connectivity index (χ4v) is 4.95. The summed E-state index contributed by atoms with van der Waals surface area (Å²) in [6.07, 6.45) is 2.46. The monoisotopic (exact) mass is 477 g/mol. The average Bonchev–Trinajstić information content (AvgIpc) is 3.28. The minimum absolute atomic E-state index is 0.197. The number of pyridine rings is 1. The average molecular weight is 478 g/mol. The highest BCUT2D eigenvalue weighted by Gasteiger charge is 2.20. The molecule has 0 aliphatic carbocycles. The van der Waals surface area contributed by atoms with Crippen LogP contribution in [0.4, 0.5) is 11.5 Å². The smallest absolute Gasteiger partial charge is 0.257 e. The number of carbonyl (C=O) groups excluding carboxylic acids is 1. The van der Waals surface area contributed by atoms with Crippen LogP contribution in [0.25, 0.3) is 10.1 Å². The summed E-state index contributed by atoms with van der Waals surface area (Å²) in [4.78, 5) is 21.2. The van der Waals surface area contributed by atoms with E-state index in [1.54, 1.807) is 23.7 Å². The first-order valence-electron chi connectivity index (χ1n) is 11.0. The maximum atomic E-state index is 12.3. The number of nitrogens with zero attached hydrogens (tertiary/aromatic N) is 4. The molecule has 168 valence electrons. The van der Waals surface area contributed by atoms with Crippen molar-refractivity contribution >= 4 is 50.6 Å². The standard InChI is InChI=1S/C25H24ClN5OS/c26-23-10-7-19(17-27-23)25(32)28-20-8-5-18(6-9-20)11-12-30-13-15-31(16-14-30)24-21-3-1-2-4-22(21)33-29-24/h1-10,17H,11-16H2,(H,28,32). The molecule has 2 aromatic carbocycles. The van der Waals surface area contributed by atoms with Gasteiger partial charge < -0.3 is 10.2 Å². The molecule has 1 saturated heterocycles. The predicted octanol–water partition coefficient (Wildman–Crippen LogP) is 4.96. The van der Waals surface area contributed by atoms with Gasteiger partial charge in [-0.15, -0.1) is 0 Å². The zero-order chi connectivity index (χ0) is 22.6. The number of hydrogen-bond acceptors (Lipinski definition) is 6. The van der Waals surface area contributed by atoms with Gasteiger partial charge in [0.25, 0.3) is 5.91 Å². The molecule has 0 radical (unpaired) electrons. The molecule has 2 aromatic heterocycles.